The first-order valence-corrected chi connectivity index (χ1v) is 16.3. The van der Waals surface area contributed by atoms with E-state index in [0.29, 0.717) is 39.5 Å². The summed E-state index contributed by atoms with van der Waals surface area (Å²) in [6.45, 7) is 4.32. The van der Waals surface area contributed by atoms with Crippen LogP contribution < -0.4 is 24.4 Å². The maximum atomic E-state index is 10.3. The number of nitrogens with one attached hydrogen (secondary N) is 1. The van der Waals surface area contributed by atoms with Crippen molar-refractivity contribution in [3.05, 3.63) is 96.1 Å². The summed E-state index contributed by atoms with van der Waals surface area (Å²) in [5, 5.41) is 15.5. The number of hydrogen-bond acceptors (Lipinski definition) is 9. The van der Waals surface area contributed by atoms with Crippen LogP contribution in [0.4, 0.5) is 5.69 Å². The van der Waals surface area contributed by atoms with E-state index < -0.39 is 6.10 Å². The van der Waals surface area contributed by atoms with Crippen LogP contribution in [0.2, 0.25) is 0 Å². The molecule has 0 amide bonds. The molecule has 4 aromatic rings. The van der Waals surface area contributed by atoms with Gasteiger partial charge >= 0.3 is 0 Å². The van der Waals surface area contributed by atoms with Crippen LogP contribution in [0, 0.1) is 0 Å². The van der Waals surface area contributed by atoms with Gasteiger partial charge in [-0.2, -0.15) is 0 Å². The third kappa shape index (κ3) is 10.1. The molecule has 47 heavy (non-hydrogen) atoms. The Morgan fingerprint density at radius 1 is 0.830 bits per heavy atom. The molecular weight excluding hydrogens is 596 g/mol. The minimum Gasteiger partial charge on any atom is -0.496 e. The van der Waals surface area contributed by atoms with E-state index in [9.17, 15) is 5.11 Å². The molecule has 1 aliphatic rings. The van der Waals surface area contributed by atoms with Gasteiger partial charge in [0.05, 0.1) is 65.6 Å². The van der Waals surface area contributed by atoms with Crippen LogP contribution in [0.15, 0.2) is 84.9 Å². The minimum atomic E-state index is -0.567. The summed E-state index contributed by atoms with van der Waals surface area (Å²) in [6, 6.07) is 28.5. The number of aliphatic hydroxyl groups is 1. The normalized spacial score (nSPS) is 17.1. The molecule has 9 heteroatoms. The molecule has 5 rings (SSSR count). The summed E-state index contributed by atoms with van der Waals surface area (Å²) in [7, 11) is 5.19. The van der Waals surface area contributed by atoms with Gasteiger partial charge in [-0.1, -0.05) is 42.5 Å². The molecule has 252 valence electrons. The van der Waals surface area contributed by atoms with Crippen LogP contribution in [0.5, 0.6) is 17.2 Å². The van der Waals surface area contributed by atoms with E-state index in [2.05, 4.69) is 46.6 Å². The van der Waals surface area contributed by atoms with Gasteiger partial charge in [-0.25, -0.2) is 0 Å². The Morgan fingerprint density at radius 3 is 2.36 bits per heavy atom. The van der Waals surface area contributed by atoms with Gasteiger partial charge in [-0.05, 0) is 60.5 Å². The van der Waals surface area contributed by atoms with E-state index in [1.165, 1.54) is 0 Å². The molecule has 1 fully saturated rings. The molecular formula is C38H48N2O7. The summed E-state index contributed by atoms with van der Waals surface area (Å²) >= 11 is 0. The van der Waals surface area contributed by atoms with Gasteiger partial charge in [-0.3, -0.25) is 0 Å². The summed E-state index contributed by atoms with van der Waals surface area (Å²) in [5.74, 6) is 2.50. The fraction of sp³-hybridized carbons (Fsp3) is 0.421. The zero-order valence-electron chi connectivity index (χ0n) is 27.7. The molecule has 1 heterocycles. The van der Waals surface area contributed by atoms with Crippen molar-refractivity contribution < 1.29 is 33.5 Å². The lowest BCUT2D eigenvalue weighted by Crippen LogP contribution is -2.48. The van der Waals surface area contributed by atoms with Crippen molar-refractivity contribution in [3.63, 3.8) is 0 Å². The zero-order chi connectivity index (χ0) is 32.8. The lowest BCUT2D eigenvalue weighted by molar-refractivity contribution is -0.0544. The average Bonchev–Trinajstić information content (AvgIpc) is 3.11. The third-order valence-electron chi connectivity index (χ3n) is 8.28. The lowest BCUT2D eigenvalue weighted by Gasteiger charge is -2.39. The van der Waals surface area contributed by atoms with Gasteiger partial charge < -0.3 is 43.7 Å². The number of fused-ring (bicyclic) bond motifs is 1. The van der Waals surface area contributed by atoms with Gasteiger partial charge in [-0.15, -0.1) is 0 Å². The highest BCUT2D eigenvalue weighted by molar-refractivity contribution is 5.89. The van der Waals surface area contributed by atoms with Crippen LogP contribution in [0.25, 0.3) is 10.8 Å². The van der Waals surface area contributed by atoms with E-state index in [0.717, 1.165) is 64.2 Å². The van der Waals surface area contributed by atoms with Gasteiger partial charge in [0.2, 0.25) is 0 Å². The number of piperidine rings is 1. The Bertz CT molecular complexity index is 1520. The zero-order valence-corrected chi connectivity index (χ0v) is 27.7. The average molecular weight is 645 g/mol. The van der Waals surface area contributed by atoms with E-state index >= 15 is 0 Å². The van der Waals surface area contributed by atoms with Crippen LogP contribution in [-0.4, -0.2) is 84.1 Å². The molecule has 0 aromatic heterocycles. The van der Waals surface area contributed by atoms with Crippen LogP contribution in [-0.2, 0) is 27.4 Å². The van der Waals surface area contributed by atoms with Gasteiger partial charge in [0.15, 0.2) is 0 Å². The van der Waals surface area contributed by atoms with E-state index in [1.54, 1.807) is 14.2 Å². The van der Waals surface area contributed by atoms with Gasteiger partial charge in [0, 0.05) is 49.1 Å². The second kappa shape index (κ2) is 17.9. The highest BCUT2D eigenvalue weighted by atomic mass is 16.5. The summed E-state index contributed by atoms with van der Waals surface area (Å²) in [4.78, 5) is 2.29. The van der Waals surface area contributed by atoms with Crippen molar-refractivity contribution in [2.45, 2.75) is 44.4 Å². The van der Waals surface area contributed by atoms with E-state index in [1.807, 2.05) is 55.6 Å². The van der Waals surface area contributed by atoms with Crippen molar-refractivity contribution in [2.24, 2.45) is 0 Å². The highest BCUT2D eigenvalue weighted by Gasteiger charge is 2.29. The number of benzene rings is 4. The van der Waals surface area contributed by atoms with Crippen molar-refractivity contribution in [1.29, 1.82) is 0 Å². The van der Waals surface area contributed by atoms with Crippen molar-refractivity contribution in [2.75, 3.05) is 65.6 Å². The number of likely N-dealkylation sites (N-methyl/N-ethyl adjacent to an activating group) is 1. The summed E-state index contributed by atoms with van der Waals surface area (Å²) < 4.78 is 35.6. The van der Waals surface area contributed by atoms with E-state index in [-0.39, 0.29) is 18.8 Å². The predicted molar refractivity (Wildman–Crippen MR) is 185 cm³/mol. The molecule has 0 saturated carbocycles. The molecule has 3 atom stereocenters. The fourth-order valence-electron chi connectivity index (χ4n) is 5.91. The van der Waals surface area contributed by atoms with Gasteiger partial charge in [0.1, 0.15) is 17.2 Å². The second-order valence-electron chi connectivity index (χ2n) is 11.8. The smallest absolute Gasteiger partial charge is 0.127 e. The molecule has 1 saturated heterocycles. The van der Waals surface area contributed by atoms with Crippen LogP contribution in [0.3, 0.4) is 0 Å². The van der Waals surface area contributed by atoms with Crippen molar-refractivity contribution >= 4 is 16.5 Å². The molecule has 1 aliphatic heterocycles. The molecule has 2 N–H and O–H groups in total. The fourth-order valence-corrected chi connectivity index (χ4v) is 5.91. The first kappa shape index (κ1) is 34.5. The topological polar surface area (TPSA) is 90.9 Å². The molecule has 9 nitrogen and oxygen atoms in total. The van der Waals surface area contributed by atoms with E-state index in [4.69, 9.17) is 28.4 Å². The quantitative estimate of drug-likeness (QED) is 0.134. The standard InChI is InChI=1S/C38H48N2O7/c1-39-22-32(41)27-47-35-21-34(46-25-28-19-29-9-4-6-11-36(29)38(20-28)43-3)23-40(24-35)31-13-15-33(16-14-31)45-18-8-17-44-26-30-10-5-7-12-37(30)42-2/h4-7,9-16,19-20,32,34-35,39,41H,8,17-18,21-27H2,1-3H3/t32-,34-,35-/m1/s1. The van der Waals surface area contributed by atoms with Crippen LogP contribution in [0.1, 0.15) is 24.0 Å². The molecule has 0 spiro atoms. The number of anilines is 1. The first-order chi connectivity index (χ1) is 23.1. The number of ether oxygens (including phenoxy) is 6. The Balaban J connectivity index is 1.15. The van der Waals surface area contributed by atoms with Gasteiger partial charge in [0.25, 0.3) is 0 Å². The Kier molecular flexibility index (Phi) is 13.1. The lowest BCUT2D eigenvalue weighted by atomic mass is 10.0. The Hall–Kier alpha value is -3.86. The highest BCUT2D eigenvalue weighted by Crippen LogP contribution is 2.30. The monoisotopic (exact) mass is 644 g/mol. The van der Waals surface area contributed by atoms with Crippen molar-refractivity contribution in [3.8, 4) is 17.2 Å². The number of para-hydroxylation sites is 1. The molecule has 0 unspecified atom stereocenters. The molecule has 0 radical (unpaired) electrons. The largest absolute Gasteiger partial charge is 0.496 e. The Morgan fingerprint density at radius 2 is 1.57 bits per heavy atom. The number of rotatable bonds is 18. The van der Waals surface area contributed by atoms with Crippen LogP contribution >= 0.6 is 0 Å². The number of methoxy groups -OCH3 is 2. The maximum Gasteiger partial charge on any atom is 0.127 e. The second-order valence-corrected chi connectivity index (χ2v) is 11.8. The summed E-state index contributed by atoms with van der Waals surface area (Å²) in [5.41, 5.74) is 3.17. The molecule has 0 aliphatic carbocycles. The minimum absolute atomic E-state index is 0.0561. The number of hydrogen-bond donors (Lipinski definition) is 2. The summed E-state index contributed by atoms with van der Waals surface area (Å²) in [6.07, 6.45) is 0.817. The SMILES string of the molecule is CNC[C@@H](O)CO[C@@H]1C[C@@H](OCc2cc(OC)c3ccccc3c2)CN(c2ccc(OCCCOCc3ccccc3OC)cc2)C1. The first-order valence-electron chi connectivity index (χ1n) is 16.3. The number of nitrogens with zero attached hydrogens (tertiary/aromatic N) is 1. The molecule has 0 bridgehead atoms. The maximum absolute atomic E-state index is 10.3. The van der Waals surface area contributed by atoms with Crippen molar-refractivity contribution in [1.82, 2.24) is 5.32 Å². The third-order valence-corrected chi connectivity index (χ3v) is 8.28. The predicted octanol–water partition coefficient (Wildman–Crippen LogP) is 5.60. The Labute approximate surface area is 278 Å². The number of aliphatic hydroxyl groups excluding tert-OH is 1. The molecule has 4 aromatic carbocycles.